The number of nitriles is 1. The van der Waals surface area contributed by atoms with E-state index in [9.17, 15) is 0 Å². The van der Waals surface area contributed by atoms with E-state index in [-0.39, 0.29) is 6.10 Å². The van der Waals surface area contributed by atoms with Crippen molar-refractivity contribution in [3.63, 3.8) is 0 Å². The lowest BCUT2D eigenvalue weighted by atomic mass is 10.1. The number of hydrogen-bond acceptors (Lipinski definition) is 4. The first-order chi connectivity index (χ1) is 9.17. The molecule has 19 heavy (non-hydrogen) atoms. The number of rotatable bonds is 4. The predicted octanol–water partition coefficient (Wildman–Crippen LogP) is 1.32. The summed E-state index contributed by atoms with van der Waals surface area (Å²) in [6.45, 7) is 4.59. The zero-order chi connectivity index (χ0) is 13.7. The van der Waals surface area contributed by atoms with Crippen molar-refractivity contribution in [3.05, 3.63) is 35.4 Å². The predicted molar refractivity (Wildman–Crippen MR) is 74.7 cm³/mol. The van der Waals surface area contributed by atoms with Crippen molar-refractivity contribution in [2.45, 2.75) is 12.6 Å². The van der Waals surface area contributed by atoms with Gasteiger partial charge < -0.3 is 9.64 Å². The number of morpholine rings is 1. The molecule has 0 bridgehead atoms. The van der Waals surface area contributed by atoms with E-state index in [0.717, 1.165) is 38.3 Å². The summed E-state index contributed by atoms with van der Waals surface area (Å²) in [4.78, 5) is 4.55. The maximum absolute atomic E-state index is 8.90. The number of benzene rings is 1. The van der Waals surface area contributed by atoms with E-state index in [0.29, 0.717) is 0 Å². The minimum atomic E-state index is 0.280. The van der Waals surface area contributed by atoms with Crippen molar-refractivity contribution in [1.82, 2.24) is 9.80 Å². The molecule has 0 aliphatic carbocycles. The minimum absolute atomic E-state index is 0.280. The van der Waals surface area contributed by atoms with Crippen molar-refractivity contribution < 1.29 is 4.74 Å². The molecule has 0 radical (unpaired) electrons. The largest absolute Gasteiger partial charge is 0.374 e. The van der Waals surface area contributed by atoms with E-state index in [4.69, 9.17) is 10.00 Å². The fourth-order valence-electron chi connectivity index (χ4n) is 2.44. The van der Waals surface area contributed by atoms with Crippen LogP contribution in [0.4, 0.5) is 0 Å². The molecule has 4 heteroatoms. The SMILES string of the molecule is CN1CCOC(CN(C)Cc2cccc(C#N)c2)C1. The Bertz CT molecular complexity index is 455. The number of ether oxygens (including phenoxy) is 1. The van der Waals surface area contributed by atoms with E-state index in [1.165, 1.54) is 5.56 Å². The van der Waals surface area contributed by atoms with Crippen LogP contribution in [0.15, 0.2) is 24.3 Å². The topological polar surface area (TPSA) is 39.5 Å². The van der Waals surface area contributed by atoms with Crippen LogP contribution in [0.3, 0.4) is 0 Å². The van der Waals surface area contributed by atoms with Crippen LogP contribution < -0.4 is 0 Å². The van der Waals surface area contributed by atoms with Gasteiger partial charge in [0.25, 0.3) is 0 Å². The van der Waals surface area contributed by atoms with Gasteiger partial charge in [0.15, 0.2) is 0 Å². The van der Waals surface area contributed by atoms with Crippen LogP contribution in [0.1, 0.15) is 11.1 Å². The summed E-state index contributed by atoms with van der Waals surface area (Å²) in [7, 11) is 4.23. The zero-order valence-corrected chi connectivity index (χ0v) is 11.7. The molecule has 0 aromatic heterocycles. The normalized spacial score (nSPS) is 20.4. The molecule has 0 amide bonds. The quantitative estimate of drug-likeness (QED) is 0.817. The van der Waals surface area contributed by atoms with Crippen molar-refractivity contribution in [2.75, 3.05) is 40.3 Å². The molecule has 0 spiro atoms. The van der Waals surface area contributed by atoms with E-state index in [2.05, 4.69) is 36.0 Å². The third-order valence-electron chi connectivity index (χ3n) is 3.37. The highest BCUT2D eigenvalue weighted by Gasteiger charge is 2.19. The lowest BCUT2D eigenvalue weighted by Gasteiger charge is -2.32. The Morgan fingerprint density at radius 3 is 3.11 bits per heavy atom. The molecule has 1 unspecified atom stereocenters. The molecule has 1 fully saturated rings. The zero-order valence-electron chi connectivity index (χ0n) is 11.7. The van der Waals surface area contributed by atoms with Crippen molar-refractivity contribution >= 4 is 0 Å². The second-order valence-corrected chi connectivity index (χ2v) is 5.26. The molecule has 1 atom stereocenters. The summed E-state index contributed by atoms with van der Waals surface area (Å²) in [5, 5.41) is 8.90. The molecule has 1 aliphatic rings. The first-order valence-corrected chi connectivity index (χ1v) is 6.65. The molecular weight excluding hydrogens is 238 g/mol. The fraction of sp³-hybridized carbons (Fsp3) is 0.533. The Morgan fingerprint density at radius 2 is 2.37 bits per heavy atom. The standard InChI is InChI=1S/C15H21N3O/c1-17-6-7-19-15(11-17)12-18(2)10-14-5-3-4-13(8-14)9-16/h3-5,8,15H,6-7,10-12H2,1-2H3. The molecule has 0 N–H and O–H groups in total. The average Bonchev–Trinajstić information content (AvgIpc) is 2.38. The first kappa shape index (κ1) is 14.0. The van der Waals surface area contributed by atoms with Gasteiger partial charge in [-0.15, -0.1) is 0 Å². The maximum atomic E-state index is 8.90. The van der Waals surface area contributed by atoms with Crippen LogP contribution in [-0.4, -0.2) is 56.2 Å². The summed E-state index contributed by atoms with van der Waals surface area (Å²) in [6, 6.07) is 9.96. The maximum Gasteiger partial charge on any atom is 0.0991 e. The highest BCUT2D eigenvalue weighted by molar-refractivity contribution is 5.32. The average molecular weight is 259 g/mol. The van der Waals surface area contributed by atoms with Crippen LogP contribution in [0.2, 0.25) is 0 Å². The van der Waals surface area contributed by atoms with Gasteiger partial charge in [0, 0.05) is 26.2 Å². The third kappa shape index (κ3) is 4.32. The second-order valence-electron chi connectivity index (χ2n) is 5.26. The Balaban J connectivity index is 1.86. The highest BCUT2D eigenvalue weighted by atomic mass is 16.5. The van der Waals surface area contributed by atoms with Gasteiger partial charge in [0.1, 0.15) is 0 Å². The van der Waals surface area contributed by atoms with Crippen molar-refractivity contribution in [2.24, 2.45) is 0 Å². The minimum Gasteiger partial charge on any atom is -0.374 e. The van der Waals surface area contributed by atoms with E-state index >= 15 is 0 Å². The van der Waals surface area contributed by atoms with Crippen molar-refractivity contribution in [1.29, 1.82) is 5.26 Å². The van der Waals surface area contributed by atoms with Crippen LogP contribution >= 0.6 is 0 Å². The summed E-state index contributed by atoms with van der Waals surface area (Å²) < 4.78 is 5.77. The molecule has 1 aliphatic heterocycles. The Kier molecular flexibility index (Phi) is 4.92. The van der Waals surface area contributed by atoms with Crippen LogP contribution in [0.5, 0.6) is 0 Å². The number of likely N-dealkylation sites (N-methyl/N-ethyl adjacent to an activating group) is 2. The molecule has 0 saturated carbocycles. The molecule has 4 nitrogen and oxygen atoms in total. The third-order valence-corrected chi connectivity index (χ3v) is 3.37. The van der Waals surface area contributed by atoms with Gasteiger partial charge in [-0.2, -0.15) is 5.26 Å². The lowest BCUT2D eigenvalue weighted by molar-refractivity contribution is -0.0333. The first-order valence-electron chi connectivity index (χ1n) is 6.65. The molecule has 1 aromatic rings. The molecular formula is C15H21N3O. The monoisotopic (exact) mass is 259 g/mol. The smallest absolute Gasteiger partial charge is 0.0991 e. The molecule has 1 heterocycles. The van der Waals surface area contributed by atoms with Crippen LogP contribution in [-0.2, 0) is 11.3 Å². The number of hydrogen-bond donors (Lipinski definition) is 0. The summed E-state index contributed by atoms with van der Waals surface area (Å²) in [5.41, 5.74) is 1.89. The Morgan fingerprint density at radius 1 is 1.53 bits per heavy atom. The van der Waals surface area contributed by atoms with Gasteiger partial charge in [0.2, 0.25) is 0 Å². The van der Waals surface area contributed by atoms with Crippen molar-refractivity contribution in [3.8, 4) is 6.07 Å². The molecule has 1 saturated heterocycles. The van der Waals surface area contributed by atoms with Crippen LogP contribution in [0.25, 0.3) is 0 Å². The highest BCUT2D eigenvalue weighted by Crippen LogP contribution is 2.09. The summed E-state index contributed by atoms with van der Waals surface area (Å²) >= 11 is 0. The van der Waals surface area contributed by atoms with E-state index in [1.54, 1.807) is 0 Å². The van der Waals surface area contributed by atoms with Gasteiger partial charge in [0.05, 0.1) is 24.3 Å². The van der Waals surface area contributed by atoms with E-state index in [1.807, 2.05) is 18.2 Å². The number of nitrogens with zero attached hydrogens (tertiary/aromatic N) is 3. The summed E-state index contributed by atoms with van der Waals surface area (Å²) in [6.07, 6.45) is 0.280. The van der Waals surface area contributed by atoms with Crippen LogP contribution in [0, 0.1) is 11.3 Å². The molecule has 2 rings (SSSR count). The summed E-state index contributed by atoms with van der Waals surface area (Å²) in [5.74, 6) is 0. The van der Waals surface area contributed by atoms with Gasteiger partial charge in [-0.3, -0.25) is 4.90 Å². The fourth-order valence-corrected chi connectivity index (χ4v) is 2.44. The van der Waals surface area contributed by atoms with E-state index < -0.39 is 0 Å². The molecule has 1 aromatic carbocycles. The van der Waals surface area contributed by atoms with Gasteiger partial charge in [-0.1, -0.05) is 12.1 Å². The Labute approximate surface area is 115 Å². The Hall–Kier alpha value is -1.41. The second kappa shape index (κ2) is 6.67. The van der Waals surface area contributed by atoms with Gasteiger partial charge >= 0.3 is 0 Å². The van der Waals surface area contributed by atoms with Gasteiger partial charge in [-0.25, -0.2) is 0 Å². The molecule has 102 valence electrons. The lowest BCUT2D eigenvalue weighted by Crippen LogP contribution is -2.45. The van der Waals surface area contributed by atoms with Gasteiger partial charge in [-0.05, 0) is 31.8 Å².